The third-order valence-corrected chi connectivity index (χ3v) is 17.9. The molecule has 316 valence electrons. The van der Waals surface area contributed by atoms with Crippen LogP contribution >= 0.6 is 0 Å². The van der Waals surface area contributed by atoms with Crippen molar-refractivity contribution in [3.8, 4) is 0 Å². The quantitative estimate of drug-likeness (QED) is 0.228. The minimum absolute atomic E-state index is 0.0573. The minimum Gasteiger partial charge on any atom is -0.444 e. The second-order valence-electron chi connectivity index (χ2n) is 22.1. The summed E-state index contributed by atoms with van der Waals surface area (Å²) in [4.78, 5) is 42.5. The van der Waals surface area contributed by atoms with Crippen molar-refractivity contribution < 1.29 is 24.2 Å². The number of likely N-dealkylation sites (tertiary alicyclic amines) is 1. The van der Waals surface area contributed by atoms with E-state index in [1.807, 2.05) is 45.0 Å². The topological polar surface area (TPSA) is 108 Å². The Labute approximate surface area is 344 Å². The molecule has 57 heavy (non-hydrogen) atoms. The van der Waals surface area contributed by atoms with E-state index in [0.29, 0.717) is 61.2 Å². The summed E-state index contributed by atoms with van der Waals surface area (Å²) in [7, 11) is 0. The van der Waals surface area contributed by atoms with E-state index in [-0.39, 0.29) is 57.1 Å². The highest BCUT2D eigenvalue weighted by Gasteiger charge is 2.71. The maximum Gasteiger partial charge on any atom is 0.410 e. The summed E-state index contributed by atoms with van der Waals surface area (Å²) < 4.78 is 5.60. The largest absolute Gasteiger partial charge is 0.444 e. The van der Waals surface area contributed by atoms with Crippen LogP contribution in [0.15, 0.2) is 36.4 Å². The van der Waals surface area contributed by atoms with Crippen LogP contribution in [-0.4, -0.2) is 65.3 Å². The second kappa shape index (κ2) is 15.0. The van der Waals surface area contributed by atoms with Crippen LogP contribution in [0.5, 0.6) is 0 Å². The summed E-state index contributed by atoms with van der Waals surface area (Å²) in [6.45, 7) is 26.4. The Bertz CT molecular complexity index is 1730. The fourth-order valence-electron chi connectivity index (χ4n) is 14.8. The van der Waals surface area contributed by atoms with Gasteiger partial charge in [-0.15, -0.1) is 0 Å². The number of carbonyl (C=O) groups excluding carboxylic acids is 3. The second-order valence-corrected chi connectivity index (χ2v) is 22.1. The molecule has 11 atom stereocenters. The van der Waals surface area contributed by atoms with Gasteiger partial charge in [-0.3, -0.25) is 9.59 Å². The molecular weight excluding hydrogens is 711 g/mol. The lowest BCUT2D eigenvalue weighted by atomic mass is 9.32. The zero-order valence-electron chi connectivity index (χ0n) is 36.9. The molecule has 1 aromatic rings. The van der Waals surface area contributed by atoms with Crippen LogP contribution in [0.25, 0.3) is 0 Å². The van der Waals surface area contributed by atoms with Crippen LogP contribution < -0.4 is 10.6 Å². The van der Waals surface area contributed by atoms with Crippen molar-refractivity contribution in [2.75, 3.05) is 19.6 Å². The Kier molecular flexibility index (Phi) is 11.1. The smallest absolute Gasteiger partial charge is 0.410 e. The van der Waals surface area contributed by atoms with Crippen molar-refractivity contribution in [3.05, 3.63) is 47.5 Å². The van der Waals surface area contributed by atoms with Crippen molar-refractivity contribution in [1.82, 2.24) is 15.5 Å². The zero-order valence-corrected chi connectivity index (χ0v) is 36.9. The summed E-state index contributed by atoms with van der Waals surface area (Å²) >= 11 is 0. The number of ether oxygens (including phenoxy) is 1. The summed E-state index contributed by atoms with van der Waals surface area (Å²) in [5.74, 6) is 2.40. The van der Waals surface area contributed by atoms with E-state index < -0.39 is 5.60 Å². The number of hydrogen-bond donors (Lipinski definition) is 3. The number of benzene rings is 1. The molecule has 0 radical (unpaired) electrons. The fourth-order valence-corrected chi connectivity index (χ4v) is 14.8. The van der Waals surface area contributed by atoms with Gasteiger partial charge in [0.25, 0.3) is 5.91 Å². The van der Waals surface area contributed by atoms with Crippen LogP contribution in [0.1, 0.15) is 155 Å². The van der Waals surface area contributed by atoms with Gasteiger partial charge in [0.05, 0.1) is 17.6 Å². The number of carbonyl (C=O) groups is 3. The average molecular weight is 786 g/mol. The van der Waals surface area contributed by atoms with Gasteiger partial charge in [-0.2, -0.15) is 0 Å². The van der Waals surface area contributed by atoms with Crippen LogP contribution in [0.3, 0.4) is 0 Å². The standard InChI is InChI=1S/C49H75N3O5/c1-31(2)35-18-24-49(26-25-47(9)36(40(35)49)16-17-38-46(8)22-20-39(53)45(6,7)37(46)19-23-48(38,47)10)42(55)50-27-21-32-13-11-14-33(29-32)41(54)51-30-34-15-12-28-52(34)43(56)57-44(3,4)5/h11,13-14,29,34-40,53H,1,12,15-28,30H2,2-10H3,(H,50,55)(H,51,54)/t34?,35-,36?,37?,38?,39-,40?,46-,47+,48+,49-/m0/s1. The third kappa shape index (κ3) is 7.07. The molecule has 7 rings (SSSR count). The molecule has 0 bridgehead atoms. The number of nitrogens with zero attached hydrogens (tertiary/aromatic N) is 1. The lowest BCUT2D eigenvalue weighted by Crippen LogP contribution is -2.67. The number of hydrogen-bond acceptors (Lipinski definition) is 5. The Morgan fingerprint density at radius 3 is 2.37 bits per heavy atom. The summed E-state index contributed by atoms with van der Waals surface area (Å²) in [6.07, 6.45) is 12.7. The van der Waals surface area contributed by atoms with E-state index in [1.54, 1.807) is 4.90 Å². The van der Waals surface area contributed by atoms with Crippen LogP contribution in [-0.2, 0) is 16.0 Å². The van der Waals surface area contributed by atoms with Crippen LogP contribution in [0, 0.1) is 56.7 Å². The molecule has 0 spiro atoms. The molecule has 1 aliphatic heterocycles. The third-order valence-electron chi connectivity index (χ3n) is 17.9. The molecule has 1 saturated heterocycles. The Hall–Kier alpha value is -2.87. The van der Waals surface area contributed by atoms with Gasteiger partial charge < -0.3 is 25.4 Å². The number of nitrogens with one attached hydrogen (secondary N) is 2. The first-order valence-electron chi connectivity index (χ1n) is 22.7. The molecular formula is C49H75N3O5. The molecule has 1 heterocycles. The number of allylic oxidation sites excluding steroid dienone is 1. The molecule has 5 unspecified atom stereocenters. The zero-order chi connectivity index (χ0) is 41.3. The van der Waals surface area contributed by atoms with Crippen LogP contribution in [0.2, 0.25) is 0 Å². The molecule has 3 amide bonds. The van der Waals surface area contributed by atoms with Gasteiger partial charge >= 0.3 is 6.09 Å². The van der Waals surface area contributed by atoms with Crippen molar-refractivity contribution in [3.63, 3.8) is 0 Å². The van der Waals surface area contributed by atoms with E-state index in [4.69, 9.17) is 4.74 Å². The number of amides is 3. The van der Waals surface area contributed by atoms with E-state index >= 15 is 0 Å². The molecule has 8 nitrogen and oxygen atoms in total. The molecule has 0 aromatic heterocycles. The van der Waals surface area contributed by atoms with E-state index in [1.165, 1.54) is 31.3 Å². The molecule has 6 fully saturated rings. The highest BCUT2D eigenvalue weighted by Crippen LogP contribution is 2.77. The summed E-state index contributed by atoms with van der Waals surface area (Å²) in [5.41, 5.74) is 2.45. The van der Waals surface area contributed by atoms with Crippen molar-refractivity contribution in [2.24, 2.45) is 56.7 Å². The van der Waals surface area contributed by atoms with E-state index in [2.05, 4.69) is 58.8 Å². The fraction of sp³-hybridized carbons (Fsp3) is 0.776. The van der Waals surface area contributed by atoms with E-state index in [0.717, 1.165) is 56.9 Å². The number of fused-ring (bicyclic) bond motifs is 7. The number of aliphatic hydroxyl groups is 1. The van der Waals surface area contributed by atoms with E-state index in [9.17, 15) is 19.5 Å². The molecule has 3 N–H and O–H groups in total. The highest BCUT2D eigenvalue weighted by molar-refractivity contribution is 5.94. The van der Waals surface area contributed by atoms with Gasteiger partial charge in [-0.1, -0.05) is 58.9 Å². The van der Waals surface area contributed by atoms with Crippen molar-refractivity contribution in [1.29, 1.82) is 0 Å². The van der Waals surface area contributed by atoms with Gasteiger partial charge in [0.1, 0.15) is 5.60 Å². The van der Waals surface area contributed by atoms with Gasteiger partial charge in [0, 0.05) is 25.2 Å². The summed E-state index contributed by atoms with van der Waals surface area (Å²) in [5, 5.41) is 17.7. The highest BCUT2D eigenvalue weighted by atomic mass is 16.6. The first-order valence-corrected chi connectivity index (χ1v) is 22.7. The first kappa shape index (κ1) is 42.3. The molecule has 1 aromatic carbocycles. The van der Waals surface area contributed by atoms with Gasteiger partial charge in [-0.25, -0.2) is 4.79 Å². The Morgan fingerprint density at radius 1 is 0.895 bits per heavy atom. The first-order chi connectivity index (χ1) is 26.7. The number of rotatable bonds is 8. The Morgan fingerprint density at radius 2 is 1.65 bits per heavy atom. The SMILES string of the molecule is C=C(C)[C@@H]1CC[C@]2(C(=O)NCCc3cccc(C(=O)NCC4CCCN4C(=O)OC(C)(C)C)c3)CC[C@]3(C)C(CCC4[C@@]5(C)CC[C@H](O)C(C)(C)C5CC[C@]43C)C12. The maximum absolute atomic E-state index is 14.7. The molecule has 8 heteroatoms. The lowest BCUT2D eigenvalue weighted by molar-refractivity contribution is -0.246. The minimum atomic E-state index is -0.563. The summed E-state index contributed by atoms with van der Waals surface area (Å²) in [6, 6.07) is 7.63. The van der Waals surface area contributed by atoms with Crippen molar-refractivity contribution >= 4 is 17.9 Å². The monoisotopic (exact) mass is 786 g/mol. The van der Waals surface area contributed by atoms with Gasteiger partial charge in [0.2, 0.25) is 5.91 Å². The van der Waals surface area contributed by atoms with Gasteiger partial charge in [0.15, 0.2) is 0 Å². The molecule has 6 aliphatic rings. The predicted octanol–water partition coefficient (Wildman–Crippen LogP) is 9.49. The van der Waals surface area contributed by atoms with Crippen LogP contribution in [0.4, 0.5) is 4.79 Å². The van der Waals surface area contributed by atoms with Gasteiger partial charge in [-0.05, 0) is 180 Å². The average Bonchev–Trinajstić information content (AvgIpc) is 3.78. The molecule has 5 aliphatic carbocycles. The predicted molar refractivity (Wildman–Crippen MR) is 226 cm³/mol. The lowest BCUT2D eigenvalue weighted by Gasteiger charge is -2.72. The molecule has 5 saturated carbocycles. The Balaban J connectivity index is 1.01. The maximum atomic E-state index is 14.7. The normalized spacial score (nSPS) is 39.5. The number of aliphatic hydroxyl groups excluding tert-OH is 1. The van der Waals surface area contributed by atoms with Crippen molar-refractivity contribution in [2.45, 2.75) is 164 Å².